The number of hydrogen-bond acceptors (Lipinski definition) is 5. The van der Waals surface area contributed by atoms with Crippen LogP contribution in [0.4, 0.5) is 5.82 Å². The number of hydrazine groups is 1. The van der Waals surface area contributed by atoms with E-state index >= 15 is 0 Å². The van der Waals surface area contributed by atoms with Gasteiger partial charge in [-0.05, 0) is 50.5 Å². The maximum absolute atomic E-state index is 12.2. The van der Waals surface area contributed by atoms with E-state index < -0.39 is 0 Å². The zero-order valence-corrected chi connectivity index (χ0v) is 13.2. The molecular formula is C14H22ClN5O. The lowest BCUT2D eigenvalue weighted by molar-refractivity contribution is 0.0891. The van der Waals surface area contributed by atoms with Crippen LogP contribution in [-0.4, -0.2) is 42.5 Å². The lowest BCUT2D eigenvalue weighted by Gasteiger charge is -2.37. The summed E-state index contributed by atoms with van der Waals surface area (Å²) in [7, 11) is 2.12. The average molecular weight is 312 g/mol. The highest BCUT2D eigenvalue weighted by Gasteiger charge is 2.29. The van der Waals surface area contributed by atoms with E-state index in [9.17, 15) is 4.79 Å². The summed E-state index contributed by atoms with van der Waals surface area (Å²) in [6, 6.07) is 3.12. The van der Waals surface area contributed by atoms with E-state index in [0.717, 1.165) is 25.9 Å². The number of amides is 1. The summed E-state index contributed by atoms with van der Waals surface area (Å²) in [5.74, 6) is 5.52. The van der Waals surface area contributed by atoms with Gasteiger partial charge in [-0.1, -0.05) is 18.5 Å². The second-order valence-corrected chi connectivity index (χ2v) is 6.39. The Balaban J connectivity index is 1.97. The van der Waals surface area contributed by atoms with Crippen LogP contribution in [0.2, 0.25) is 5.15 Å². The van der Waals surface area contributed by atoms with E-state index in [0.29, 0.717) is 17.9 Å². The molecule has 0 bridgehead atoms. The smallest absolute Gasteiger partial charge is 0.251 e. The zero-order chi connectivity index (χ0) is 15.5. The van der Waals surface area contributed by atoms with Gasteiger partial charge in [0.2, 0.25) is 0 Å². The van der Waals surface area contributed by atoms with Crippen LogP contribution < -0.4 is 16.6 Å². The molecule has 1 aromatic heterocycles. The topological polar surface area (TPSA) is 83.3 Å². The highest BCUT2D eigenvalue weighted by Crippen LogP contribution is 2.29. The van der Waals surface area contributed by atoms with E-state index in [4.69, 9.17) is 17.4 Å². The molecule has 7 heteroatoms. The van der Waals surface area contributed by atoms with E-state index in [1.807, 2.05) is 0 Å². The van der Waals surface area contributed by atoms with Gasteiger partial charge in [-0.2, -0.15) is 0 Å². The molecule has 1 aromatic rings. The molecule has 1 aliphatic rings. The van der Waals surface area contributed by atoms with E-state index in [1.54, 1.807) is 6.07 Å². The number of anilines is 1. The Morgan fingerprint density at radius 1 is 1.48 bits per heavy atom. The average Bonchev–Trinajstić information content (AvgIpc) is 2.47. The SMILES string of the molecule is CN1CCC(C)(CNC(=O)c2cc(Cl)nc(NN)c2)CC1. The first kappa shape index (κ1) is 16.0. The number of carbonyl (C=O) groups excluding carboxylic acids is 1. The van der Waals surface area contributed by atoms with Gasteiger partial charge in [0.05, 0.1) is 0 Å². The Morgan fingerprint density at radius 3 is 2.76 bits per heavy atom. The number of aromatic nitrogens is 1. The number of nitrogens with one attached hydrogen (secondary N) is 2. The third kappa shape index (κ3) is 4.30. The number of hydrogen-bond donors (Lipinski definition) is 3. The molecule has 0 saturated carbocycles. The largest absolute Gasteiger partial charge is 0.351 e. The molecule has 0 aromatic carbocycles. The van der Waals surface area contributed by atoms with Crippen molar-refractivity contribution >= 4 is 23.3 Å². The molecule has 6 nitrogen and oxygen atoms in total. The van der Waals surface area contributed by atoms with Crippen LogP contribution in [0.15, 0.2) is 12.1 Å². The first-order valence-electron chi connectivity index (χ1n) is 7.03. The van der Waals surface area contributed by atoms with Gasteiger partial charge in [-0.3, -0.25) is 4.79 Å². The van der Waals surface area contributed by atoms with Gasteiger partial charge in [0.15, 0.2) is 0 Å². The maximum Gasteiger partial charge on any atom is 0.251 e. The van der Waals surface area contributed by atoms with Crippen molar-refractivity contribution in [1.82, 2.24) is 15.2 Å². The van der Waals surface area contributed by atoms with Crippen LogP contribution in [0.25, 0.3) is 0 Å². The zero-order valence-electron chi connectivity index (χ0n) is 12.4. The van der Waals surface area contributed by atoms with E-state index in [-0.39, 0.29) is 16.5 Å². The molecule has 4 N–H and O–H groups in total. The minimum absolute atomic E-state index is 0.147. The summed E-state index contributed by atoms with van der Waals surface area (Å²) in [5, 5.41) is 3.23. The van der Waals surface area contributed by atoms with Crippen molar-refractivity contribution in [3.8, 4) is 0 Å². The molecule has 1 amide bonds. The summed E-state index contributed by atoms with van der Waals surface area (Å²) in [5.41, 5.74) is 3.00. The van der Waals surface area contributed by atoms with Gasteiger partial charge in [-0.25, -0.2) is 10.8 Å². The highest BCUT2D eigenvalue weighted by atomic mass is 35.5. The summed E-state index contributed by atoms with van der Waals surface area (Å²) in [4.78, 5) is 18.5. The van der Waals surface area contributed by atoms with Crippen molar-refractivity contribution in [3.63, 3.8) is 0 Å². The van der Waals surface area contributed by atoms with Crippen molar-refractivity contribution in [2.24, 2.45) is 11.3 Å². The predicted molar refractivity (Wildman–Crippen MR) is 84.2 cm³/mol. The number of pyridine rings is 1. The number of nitrogens with two attached hydrogens (primary N) is 1. The number of piperidine rings is 1. The fourth-order valence-corrected chi connectivity index (χ4v) is 2.64. The van der Waals surface area contributed by atoms with Crippen LogP contribution in [0, 0.1) is 5.41 Å². The van der Waals surface area contributed by atoms with Crippen LogP contribution in [-0.2, 0) is 0 Å². The molecule has 1 fully saturated rings. The Morgan fingerprint density at radius 2 is 2.14 bits per heavy atom. The second-order valence-electron chi connectivity index (χ2n) is 6.00. The number of nitrogens with zero attached hydrogens (tertiary/aromatic N) is 2. The Labute approximate surface area is 130 Å². The minimum Gasteiger partial charge on any atom is -0.351 e. The fourth-order valence-electron chi connectivity index (χ4n) is 2.43. The highest BCUT2D eigenvalue weighted by molar-refractivity contribution is 6.29. The predicted octanol–water partition coefficient (Wildman–Crippen LogP) is 1.48. The molecule has 1 aliphatic heterocycles. The van der Waals surface area contributed by atoms with Gasteiger partial charge in [0, 0.05) is 12.1 Å². The summed E-state index contributed by atoms with van der Waals surface area (Å²) < 4.78 is 0. The number of likely N-dealkylation sites (tertiary alicyclic amines) is 1. The Bertz CT molecular complexity index is 514. The second kappa shape index (κ2) is 6.60. The van der Waals surface area contributed by atoms with Crippen LogP contribution in [0.5, 0.6) is 0 Å². The van der Waals surface area contributed by atoms with Crippen LogP contribution in [0.1, 0.15) is 30.1 Å². The number of halogens is 1. The first-order valence-corrected chi connectivity index (χ1v) is 7.41. The quantitative estimate of drug-likeness (QED) is 0.446. The van der Waals surface area contributed by atoms with Crippen molar-refractivity contribution in [2.45, 2.75) is 19.8 Å². The van der Waals surface area contributed by atoms with Gasteiger partial charge in [-0.15, -0.1) is 0 Å². The summed E-state index contributed by atoms with van der Waals surface area (Å²) in [6.07, 6.45) is 2.16. The Hall–Kier alpha value is -1.37. The summed E-state index contributed by atoms with van der Waals surface area (Å²) >= 11 is 5.87. The lowest BCUT2D eigenvalue weighted by atomic mass is 9.80. The van der Waals surface area contributed by atoms with Gasteiger partial charge < -0.3 is 15.6 Å². The molecule has 0 atom stereocenters. The summed E-state index contributed by atoms with van der Waals surface area (Å²) in [6.45, 7) is 5.00. The van der Waals surface area contributed by atoms with Crippen molar-refractivity contribution in [2.75, 3.05) is 32.1 Å². The maximum atomic E-state index is 12.2. The third-order valence-electron chi connectivity index (χ3n) is 4.07. The minimum atomic E-state index is -0.157. The molecule has 21 heavy (non-hydrogen) atoms. The van der Waals surface area contributed by atoms with Gasteiger partial charge in [0.25, 0.3) is 5.91 Å². The molecule has 2 rings (SSSR count). The molecule has 0 aliphatic carbocycles. The number of nitrogen functional groups attached to an aromatic ring is 1. The fraction of sp³-hybridized carbons (Fsp3) is 0.571. The van der Waals surface area contributed by atoms with Gasteiger partial charge >= 0.3 is 0 Å². The molecule has 0 spiro atoms. The Kier molecular flexibility index (Phi) is 5.03. The molecule has 1 saturated heterocycles. The number of rotatable bonds is 4. The molecule has 0 radical (unpaired) electrons. The molecule has 0 unspecified atom stereocenters. The molecule has 116 valence electrons. The third-order valence-corrected chi connectivity index (χ3v) is 4.27. The van der Waals surface area contributed by atoms with Crippen LogP contribution in [0.3, 0.4) is 0 Å². The van der Waals surface area contributed by atoms with E-state index in [1.165, 1.54) is 6.07 Å². The van der Waals surface area contributed by atoms with Gasteiger partial charge in [0.1, 0.15) is 11.0 Å². The standard InChI is InChI=1S/C14H22ClN5O/c1-14(3-5-20(2)6-4-14)9-17-13(21)10-7-11(15)18-12(8-10)19-16/h7-8H,3-6,9,16H2,1-2H3,(H,17,21)(H,18,19). The molecular weight excluding hydrogens is 290 g/mol. The number of carbonyl (C=O) groups is 1. The molecule has 2 heterocycles. The van der Waals surface area contributed by atoms with Crippen molar-refractivity contribution in [3.05, 3.63) is 22.8 Å². The lowest BCUT2D eigenvalue weighted by Crippen LogP contribution is -2.43. The van der Waals surface area contributed by atoms with E-state index in [2.05, 4.69) is 34.6 Å². The first-order chi connectivity index (χ1) is 9.92. The van der Waals surface area contributed by atoms with Crippen molar-refractivity contribution < 1.29 is 4.79 Å². The van der Waals surface area contributed by atoms with Crippen molar-refractivity contribution in [1.29, 1.82) is 0 Å². The van der Waals surface area contributed by atoms with Crippen LogP contribution >= 0.6 is 11.6 Å². The monoisotopic (exact) mass is 311 g/mol. The normalized spacial score (nSPS) is 18.3.